The van der Waals surface area contributed by atoms with Gasteiger partial charge < -0.3 is 15.5 Å². The number of hydrogen-bond donors (Lipinski definition) is 2. The molecule has 34 heavy (non-hydrogen) atoms. The predicted molar refractivity (Wildman–Crippen MR) is 129 cm³/mol. The van der Waals surface area contributed by atoms with Crippen LogP contribution in [0.2, 0.25) is 10.0 Å². The standard InChI is InChI=1S/C24H25Cl2N5O3/c1-3-30-19-13-31(14(2)22(32)28-11-9-16-6-4-5-10-27-16)23(33)20(19)21(29-24(30)34)17-8-7-15(25)12-18(17)26/h4-8,10,12,14,21H,3,9,11,13H2,1-2H3,(H,28,32)(H,29,34)/t14-,21-/m0/s1. The number of rotatable bonds is 7. The number of pyridine rings is 1. The topological polar surface area (TPSA) is 94.6 Å². The van der Waals surface area contributed by atoms with Gasteiger partial charge in [0.05, 0.1) is 23.9 Å². The number of nitrogens with zero attached hydrogens (tertiary/aromatic N) is 3. The maximum absolute atomic E-state index is 13.5. The van der Waals surface area contributed by atoms with Crippen molar-refractivity contribution in [1.29, 1.82) is 0 Å². The van der Waals surface area contributed by atoms with Crippen LogP contribution >= 0.6 is 23.2 Å². The SMILES string of the molecule is CCN1C(=O)N[C@@H](c2ccc(Cl)cc2Cl)C2=C1CN([C@@H](C)C(=O)NCCc1ccccn1)C2=O. The first-order valence-corrected chi connectivity index (χ1v) is 11.8. The van der Waals surface area contributed by atoms with E-state index < -0.39 is 12.1 Å². The number of likely N-dealkylation sites (N-methyl/N-ethyl adjacent to an activating group) is 1. The van der Waals surface area contributed by atoms with Gasteiger partial charge in [0, 0.05) is 41.4 Å². The molecule has 10 heteroatoms. The van der Waals surface area contributed by atoms with Crippen molar-refractivity contribution in [2.24, 2.45) is 0 Å². The molecule has 2 atom stereocenters. The second-order valence-corrected chi connectivity index (χ2v) is 8.97. The fourth-order valence-electron chi connectivity index (χ4n) is 4.28. The van der Waals surface area contributed by atoms with Gasteiger partial charge in [-0.3, -0.25) is 19.5 Å². The first-order chi connectivity index (χ1) is 16.3. The highest BCUT2D eigenvalue weighted by molar-refractivity contribution is 6.35. The van der Waals surface area contributed by atoms with Crippen LogP contribution in [-0.2, 0) is 16.0 Å². The Bertz CT molecular complexity index is 1150. The van der Waals surface area contributed by atoms with Crippen molar-refractivity contribution in [3.63, 3.8) is 0 Å². The van der Waals surface area contributed by atoms with Gasteiger partial charge in [-0.25, -0.2) is 4.79 Å². The number of carbonyl (C=O) groups is 3. The zero-order valence-corrected chi connectivity index (χ0v) is 20.4. The Balaban J connectivity index is 1.53. The molecule has 0 radical (unpaired) electrons. The molecular formula is C24H25Cl2N5O3. The molecule has 0 spiro atoms. The summed E-state index contributed by atoms with van der Waals surface area (Å²) in [5.74, 6) is -0.579. The molecule has 0 aliphatic carbocycles. The molecule has 2 aliphatic heterocycles. The number of nitrogens with one attached hydrogen (secondary N) is 2. The maximum atomic E-state index is 13.5. The summed E-state index contributed by atoms with van der Waals surface area (Å²) >= 11 is 12.4. The summed E-state index contributed by atoms with van der Waals surface area (Å²) in [5.41, 5.74) is 2.44. The van der Waals surface area contributed by atoms with Gasteiger partial charge >= 0.3 is 6.03 Å². The third kappa shape index (κ3) is 4.60. The fourth-order valence-corrected chi connectivity index (χ4v) is 4.80. The lowest BCUT2D eigenvalue weighted by Gasteiger charge is -2.33. The van der Waals surface area contributed by atoms with Gasteiger partial charge in [0.2, 0.25) is 5.91 Å². The highest BCUT2D eigenvalue weighted by atomic mass is 35.5. The minimum absolute atomic E-state index is 0.159. The summed E-state index contributed by atoms with van der Waals surface area (Å²) in [7, 11) is 0. The molecular weight excluding hydrogens is 477 g/mol. The van der Waals surface area contributed by atoms with Gasteiger partial charge in [-0.15, -0.1) is 0 Å². The van der Waals surface area contributed by atoms with E-state index in [9.17, 15) is 14.4 Å². The first-order valence-electron chi connectivity index (χ1n) is 11.1. The zero-order valence-electron chi connectivity index (χ0n) is 18.8. The van der Waals surface area contributed by atoms with Crippen molar-refractivity contribution in [3.05, 3.63) is 75.2 Å². The van der Waals surface area contributed by atoms with Crippen LogP contribution in [0.3, 0.4) is 0 Å². The second kappa shape index (κ2) is 10.0. The molecule has 0 saturated carbocycles. The van der Waals surface area contributed by atoms with E-state index in [1.807, 2.05) is 25.1 Å². The van der Waals surface area contributed by atoms with Crippen LogP contribution in [0.25, 0.3) is 0 Å². The Morgan fingerprint density at radius 1 is 1.26 bits per heavy atom. The van der Waals surface area contributed by atoms with E-state index in [0.717, 1.165) is 5.69 Å². The number of benzene rings is 1. The third-order valence-corrected chi connectivity index (χ3v) is 6.66. The molecule has 0 saturated heterocycles. The normalized spacial score (nSPS) is 18.6. The minimum atomic E-state index is -0.730. The van der Waals surface area contributed by atoms with Crippen LogP contribution in [0, 0.1) is 0 Å². The van der Waals surface area contributed by atoms with Crippen molar-refractivity contribution in [2.45, 2.75) is 32.4 Å². The van der Waals surface area contributed by atoms with E-state index in [1.165, 1.54) is 9.80 Å². The minimum Gasteiger partial charge on any atom is -0.354 e. The summed E-state index contributed by atoms with van der Waals surface area (Å²) < 4.78 is 0. The molecule has 178 valence electrons. The molecule has 2 aliphatic rings. The van der Waals surface area contributed by atoms with Gasteiger partial charge in [0.15, 0.2) is 0 Å². The molecule has 0 unspecified atom stereocenters. The molecule has 0 fully saturated rings. The number of carbonyl (C=O) groups excluding carboxylic acids is 3. The largest absolute Gasteiger partial charge is 0.354 e. The van der Waals surface area contributed by atoms with Crippen LogP contribution in [0.1, 0.15) is 31.1 Å². The molecule has 1 aromatic carbocycles. The number of amides is 4. The monoisotopic (exact) mass is 501 g/mol. The fraction of sp³-hybridized carbons (Fsp3) is 0.333. The van der Waals surface area contributed by atoms with Crippen molar-refractivity contribution in [1.82, 2.24) is 25.4 Å². The van der Waals surface area contributed by atoms with Gasteiger partial charge in [-0.2, -0.15) is 0 Å². The third-order valence-electron chi connectivity index (χ3n) is 6.09. The molecule has 2 aromatic rings. The average Bonchev–Trinajstić information content (AvgIpc) is 3.16. The van der Waals surface area contributed by atoms with Crippen molar-refractivity contribution < 1.29 is 14.4 Å². The van der Waals surface area contributed by atoms with Gasteiger partial charge in [0.25, 0.3) is 5.91 Å². The van der Waals surface area contributed by atoms with E-state index in [-0.39, 0.29) is 24.4 Å². The van der Waals surface area contributed by atoms with E-state index in [4.69, 9.17) is 23.2 Å². The first kappa shape index (κ1) is 24.0. The van der Waals surface area contributed by atoms with Crippen LogP contribution in [-0.4, -0.2) is 58.3 Å². The smallest absolute Gasteiger partial charge is 0.322 e. The van der Waals surface area contributed by atoms with Crippen molar-refractivity contribution >= 4 is 41.0 Å². The van der Waals surface area contributed by atoms with Crippen LogP contribution < -0.4 is 10.6 Å². The molecule has 4 amide bonds. The summed E-state index contributed by atoms with van der Waals surface area (Å²) in [6, 6.07) is 8.78. The van der Waals surface area contributed by atoms with Crippen LogP contribution in [0.15, 0.2) is 53.9 Å². The van der Waals surface area contributed by atoms with Gasteiger partial charge in [0.1, 0.15) is 6.04 Å². The molecule has 4 rings (SSSR count). The quantitative estimate of drug-likeness (QED) is 0.608. The number of halogens is 2. The Hall–Kier alpha value is -3.10. The average molecular weight is 502 g/mol. The zero-order chi connectivity index (χ0) is 24.4. The Morgan fingerprint density at radius 2 is 2.06 bits per heavy atom. The Morgan fingerprint density at radius 3 is 2.74 bits per heavy atom. The lowest BCUT2D eigenvalue weighted by Crippen LogP contribution is -2.47. The van der Waals surface area contributed by atoms with E-state index >= 15 is 0 Å². The lowest BCUT2D eigenvalue weighted by molar-refractivity contribution is -0.135. The highest BCUT2D eigenvalue weighted by Crippen LogP contribution is 2.39. The molecule has 1 aromatic heterocycles. The summed E-state index contributed by atoms with van der Waals surface area (Å²) in [5, 5.41) is 6.56. The van der Waals surface area contributed by atoms with E-state index in [0.29, 0.717) is 46.4 Å². The molecule has 2 N–H and O–H groups in total. The summed E-state index contributed by atoms with van der Waals surface area (Å²) in [6.45, 7) is 4.46. The molecule has 3 heterocycles. The molecule has 8 nitrogen and oxygen atoms in total. The molecule has 0 bridgehead atoms. The predicted octanol–water partition coefficient (Wildman–Crippen LogP) is 3.32. The lowest BCUT2D eigenvalue weighted by atomic mass is 9.95. The maximum Gasteiger partial charge on any atom is 0.322 e. The Kier molecular flexibility index (Phi) is 7.09. The van der Waals surface area contributed by atoms with Gasteiger partial charge in [-0.1, -0.05) is 35.3 Å². The van der Waals surface area contributed by atoms with Crippen molar-refractivity contribution in [3.8, 4) is 0 Å². The van der Waals surface area contributed by atoms with Gasteiger partial charge in [-0.05, 0) is 43.7 Å². The van der Waals surface area contributed by atoms with Crippen LogP contribution in [0.5, 0.6) is 0 Å². The van der Waals surface area contributed by atoms with E-state index in [2.05, 4.69) is 15.6 Å². The summed E-state index contributed by atoms with van der Waals surface area (Å²) in [6.07, 6.45) is 2.29. The van der Waals surface area contributed by atoms with E-state index in [1.54, 1.807) is 31.3 Å². The highest BCUT2D eigenvalue weighted by Gasteiger charge is 2.46. The number of aromatic nitrogens is 1. The van der Waals surface area contributed by atoms with Crippen molar-refractivity contribution in [2.75, 3.05) is 19.6 Å². The van der Waals surface area contributed by atoms with Crippen LogP contribution in [0.4, 0.5) is 4.79 Å². The number of urea groups is 1. The number of hydrogen-bond acceptors (Lipinski definition) is 4. The summed E-state index contributed by atoms with van der Waals surface area (Å²) in [4.78, 5) is 46.5. The Labute approximate surface area is 207 Å². The second-order valence-electron chi connectivity index (χ2n) is 8.12.